The molecule has 0 fully saturated rings. The van der Waals surface area contributed by atoms with E-state index in [0.29, 0.717) is 11.3 Å². The van der Waals surface area contributed by atoms with Gasteiger partial charge in [-0.2, -0.15) is 10.4 Å². The van der Waals surface area contributed by atoms with Gasteiger partial charge in [-0.1, -0.05) is 30.3 Å². The molecule has 0 aliphatic heterocycles. The zero-order chi connectivity index (χ0) is 17.2. The van der Waals surface area contributed by atoms with Crippen molar-refractivity contribution in [3.8, 4) is 6.07 Å². The van der Waals surface area contributed by atoms with E-state index in [4.69, 9.17) is 5.26 Å². The predicted molar refractivity (Wildman–Crippen MR) is 91.2 cm³/mol. The lowest BCUT2D eigenvalue weighted by Crippen LogP contribution is -2.20. The van der Waals surface area contributed by atoms with Crippen molar-refractivity contribution in [3.05, 3.63) is 65.7 Å². The van der Waals surface area contributed by atoms with Gasteiger partial charge in [0.05, 0.1) is 17.8 Å². The fourth-order valence-electron chi connectivity index (χ4n) is 1.85. The van der Waals surface area contributed by atoms with E-state index in [1.807, 2.05) is 24.3 Å². The number of carbonyl (C=O) groups is 2. The van der Waals surface area contributed by atoms with Gasteiger partial charge in [-0.05, 0) is 29.8 Å². The molecule has 6 nitrogen and oxygen atoms in total. The Kier molecular flexibility index (Phi) is 6.24. The number of hydrogen-bond donors (Lipinski definition) is 2. The number of carbonyl (C=O) groups excluding carboxylic acids is 2. The van der Waals surface area contributed by atoms with Crippen LogP contribution < -0.4 is 10.7 Å². The fraction of sp³-hybridized carbons (Fsp3) is 0.111. The molecule has 0 atom stereocenters. The third-order valence-electron chi connectivity index (χ3n) is 3.08. The van der Waals surface area contributed by atoms with Gasteiger partial charge in [-0.15, -0.1) is 0 Å². The largest absolute Gasteiger partial charge is 0.326 e. The van der Waals surface area contributed by atoms with Crippen molar-refractivity contribution in [1.82, 2.24) is 5.43 Å². The molecule has 0 aliphatic rings. The van der Waals surface area contributed by atoms with Crippen LogP contribution in [0.1, 0.15) is 24.0 Å². The van der Waals surface area contributed by atoms with Gasteiger partial charge in [-0.3, -0.25) is 9.59 Å². The molecule has 0 radical (unpaired) electrons. The third-order valence-corrected chi connectivity index (χ3v) is 3.08. The van der Waals surface area contributed by atoms with Crippen LogP contribution in [0, 0.1) is 11.3 Å². The van der Waals surface area contributed by atoms with Crippen LogP contribution in [-0.2, 0) is 9.59 Å². The molecular formula is C18H16N4O2. The van der Waals surface area contributed by atoms with Gasteiger partial charge in [0.25, 0.3) is 0 Å². The molecule has 24 heavy (non-hydrogen) atoms. The summed E-state index contributed by atoms with van der Waals surface area (Å²) in [5.74, 6) is -0.574. The van der Waals surface area contributed by atoms with E-state index in [9.17, 15) is 9.59 Å². The molecule has 2 N–H and O–H groups in total. The summed E-state index contributed by atoms with van der Waals surface area (Å²) in [4.78, 5) is 23.4. The summed E-state index contributed by atoms with van der Waals surface area (Å²) in [7, 11) is 0. The summed E-state index contributed by atoms with van der Waals surface area (Å²) in [5.41, 5.74) is 4.38. The van der Waals surface area contributed by atoms with Gasteiger partial charge in [0.15, 0.2) is 0 Å². The Hall–Kier alpha value is -3.46. The van der Waals surface area contributed by atoms with Gasteiger partial charge in [-0.25, -0.2) is 5.43 Å². The Bertz CT molecular complexity index is 762. The summed E-state index contributed by atoms with van der Waals surface area (Å²) in [6, 6.07) is 17.8. The van der Waals surface area contributed by atoms with Gasteiger partial charge in [0.2, 0.25) is 11.8 Å². The van der Waals surface area contributed by atoms with Crippen molar-refractivity contribution in [2.75, 3.05) is 5.32 Å². The Morgan fingerprint density at radius 2 is 1.67 bits per heavy atom. The molecule has 0 unspecified atom stereocenters. The molecule has 2 aromatic carbocycles. The molecule has 6 heteroatoms. The van der Waals surface area contributed by atoms with Crippen molar-refractivity contribution in [2.45, 2.75) is 12.8 Å². The summed E-state index contributed by atoms with van der Waals surface area (Å²) in [6.07, 6.45) is 1.60. The Morgan fingerprint density at radius 1 is 1.00 bits per heavy atom. The molecule has 0 aromatic heterocycles. The smallest absolute Gasteiger partial charge is 0.240 e. The first-order chi connectivity index (χ1) is 11.7. The summed E-state index contributed by atoms with van der Waals surface area (Å²) < 4.78 is 0. The first-order valence-electron chi connectivity index (χ1n) is 7.34. The second-order valence-electron chi connectivity index (χ2n) is 4.94. The number of rotatable bonds is 6. The standard InChI is InChI=1S/C18H16N4O2/c19-12-14-6-8-15(9-7-14)13-20-22-18(24)11-10-17(23)21-16-4-2-1-3-5-16/h1-9,13H,10-11H2,(H,21,23)(H,22,24)/b20-13-. The van der Waals surface area contributed by atoms with Crippen molar-refractivity contribution >= 4 is 23.7 Å². The van der Waals surface area contributed by atoms with E-state index in [-0.39, 0.29) is 24.7 Å². The zero-order valence-electron chi connectivity index (χ0n) is 12.9. The van der Waals surface area contributed by atoms with Crippen LogP contribution in [0.5, 0.6) is 0 Å². The number of nitrogens with zero attached hydrogens (tertiary/aromatic N) is 2. The van der Waals surface area contributed by atoms with Crippen LogP contribution >= 0.6 is 0 Å². The Labute approximate surface area is 139 Å². The topological polar surface area (TPSA) is 94.3 Å². The highest BCUT2D eigenvalue weighted by Crippen LogP contribution is 2.06. The molecule has 0 spiro atoms. The van der Waals surface area contributed by atoms with Gasteiger partial charge in [0, 0.05) is 18.5 Å². The molecule has 0 saturated carbocycles. The molecule has 2 rings (SSSR count). The number of hydrogen-bond acceptors (Lipinski definition) is 4. The van der Waals surface area contributed by atoms with Crippen LogP contribution in [-0.4, -0.2) is 18.0 Å². The lowest BCUT2D eigenvalue weighted by atomic mass is 10.2. The monoisotopic (exact) mass is 320 g/mol. The molecular weight excluding hydrogens is 304 g/mol. The van der Waals surface area contributed by atoms with E-state index in [0.717, 1.165) is 5.56 Å². The molecule has 2 aromatic rings. The lowest BCUT2D eigenvalue weighted by Gasteiger charge is -2.04. The Balaban J connectivity index is 1.72. The van der Waals surface area contributed by atoms with Crippen LogP contribution in [0.2, 0.25) is 0 Å². The van der Waals surface area contributed by atoms with Crippen LogP contribution in [0.15, 0.2) is 59.7 Å². The average molecular weight is 320 g/mol. The number of anilines is 1. The van der Waals surface area contributed by atoms with Gasteiger partial charge in [0.1, 0.15) is 0 Å². The molecule has 2 amide bonds. The normalized spacial score (nSPS) is 10.1. The molecule has 0 heterocycles. The quantitative estimate of drug-likeness (QED) is 0.632. The second kappa shape index (κ2) is 8.86. The van der Waals surface area contributed by atoms with Crippen molar-refractivity contribution in [3.63, 3.8) is 0 Å². The minimum Gasteiger partial charge on any atom is -0.326 e. The van der Waals surface area contributed by atoms with Crippen LogP contribution in [0.3, 0.4) is 0 Å². The minimum atomic E-state index is -0.344. The lowest BCUT2D eigenvalue weighted by molar-refractivity contribution is -0.124. The maximum atomic E-state index is 11.7. The van der Waals surface area contributed by atoms with E-state index in [1.165, 1.54) is 6.21 Å². The summed E-state index contributed by atoms with van der Waals surface area (Å²) >= 11 is 0. The van der Waals surface area contributed by atoms with E-state index >= 15 is 0 Å². The fourth-order valence-corrected chi connectivity index (χ4v) is 1.85. The number of hydrazone groups is 1. The highest BCUT2D eigenvalue weighted by molar-refractivity contribution is 5.93. The number of nitrogens with one attached hydrogen (secondary N) is 2. The maximum absolute atomic E-state index is 11.7. The highest BCUT2D eigenvalue weighted by atomic mass is 16.2. The second-order valence-corrected chi connectivity index (χ2v) is 4.94. The summed E-state index contributed by atoms with van der Waals surface area (Å²) in [5, 5.41) is 15.2. The van der Waals surface area contributed by atoms with Crippen LogP contribution in [0.25, 0.3) is 0 Å². The maximum Gasteiger partial charge on any atom is 0.240 e. The first-order valence-corrected chi connectivity index (χ1v) is 7.34. The first kappa shape index (κ1) is 16.9. The van der Waals surface area contributed by atoms with Crippen molar-refractivity contribution < 1.29 is 9.59 Å². The third kappa shape index (κ3) is 5.73. The average Bonchev–Trinajstić information content (AvgIpc) is 2.61. The number of nitriles is 1. The molecule has 120 valence electrons. The van der Waals surface area contributed by atoms with Crippen LogP contribution in [0.4, 0.5) is 5.69 Å². The SMILES string of the molecule is N#Cc1ccc(/C=N\NC(=O)CCC(=O)Nc2ccccc2)cc1. The van der Waals surface area contributed by atoms with Crippen molar-refractivity contribution in [1.29, 1.82) is 5.26 Å². The van der Waals surface area contributed by atoms with Gasteiger partial charge >= 0.3 is 0 Å². The summed E-state index contributed by atoms with van der Waals surface area (Å²) in [6.45, 7) is 0. The molecule has 0 saturated heterocycles. The Morgan fingerprint density at radius 3 is 2.33 bits per heavy atom. The molecule has 0 aliphatic carbocycles. The zero-order valence-corrected chi connectivity index (χ0v) is 12.9. The van der Waals surface area contributed by atoms with E-state index < -0.39 is 0 Å². The minimum absolute atomic E-state index is 0.0450. The predicted octanol–water partition coefficient (Wildman–Crippen LogP) is 2.43. The van der Waals surface area contributed by atoms with E-state index in [1.54, 1.807) is 36.4 Å². The number of para-hydroxylation sites is 1. The van der Waals surface area contributed by atoms with E-state index in [2.05, 4.69) is 15.8 Å². The number of benzene rings is 2. The number of amides is 2. The van der Waals surface area contributed by atoms with Crippen molar-refractivity contribution in [2.24, 2.45) is 5.10 Å². The molecule has 0 bridgehead atoms. The highest BCUT2D eigenvalue weighted by Gasteiger charge is 2.06. The van der Waals surface area contributed by atoms with Gasteiger partial charge < -0.3 is 5.32 Å².